The number of carbonyl (C=O) groups excluding carboxylic acids is 2. The Hall–Kier alpha value is -2.52. The lowest BCUT2D eigenvalue weighted by Crippen LogP contribution is -2.47. The minimum Gasteiger partial charge on any atom is -0.391 e. The Morgan fingerprint density at radius 3 is 1.43 bits per heavy atom. The molecule has 0 radical (unpaired) electrons. The monoisotopic (exact) mass is 418 g/mol. The summed E-state index contributed by atoms with van der Waals surface area (Å²) in [6.07, 6.45) is 0. The van der Waals surface area contributed by atoms with Crippen molar-refractivity contribution < 1.29 is 28.8 Å². The summed E-state index contributed by atoms with van der Waals surface area (Å²) >= 11 is 0. The summed E-state index contributed by atoms with van der Waals surface area (Å²) in [7, 11) is 7.57. The zero-order valence-electron chi connectivity index (χ0n) is 18.3. The van der Waals surface area contributed by atoms with Crippen molar-refractivity contribution in [2.75, 3.05) is 78.2 Å². The van der Waals surface area contributed by atoms with Crippen LogP contribution in [0.4, 0.5) is 11.4 Å². The number of hydrogen-bond donors (Lipinski definition) is 4. The second-order valence-corrected chi connectivity index (χ2v) is 8.88. The molecule has 0 aliphatic carbocycles. The van der Waals surface area contributed by atoms with Crippen molar-refractivity contribution in [2.45, 2.75) is 0 Å². The van der Waals surface area contributed by atoms with Crippen LogP contribution in [-0.4, -0.2) is 98.6 Å². The molecular weight excluding hydrogens is 384 g/mol. The maximum atomic E-state index is 12.5. The number of likely N-dealkylation sites (N-methyl/N-ethyl adjacent to an activating group) is 2. The number of nitrogens with zero attached hydrogens (tertiary/aromatic N) is 2. The fraction of sp³-hybridized carbons (Fsp3) is 0.455. The first-order valence-corrected chi connectivity index (χ1v) is 10.0. The maximum absolute atomic E-state index is 12.5. The highest BCUT2D eigenvalue weighted by atomic mass is 16.3. The van der Waals surface area contributed by atoms with Crippen LogP contribution in [0.15, 0.2) is 36.4 Å². The molecule has 0 aliphatic rings. The predicted molar refractivity (Wildman–Crippen MR) is 119 cm³/mol. The van der Waals surface area contributed by atoms with Crippen molar-refractivity contribution in [3.05, 3.63) is 36.4 Å². The predicted octanol–water partition coefficient (Wildman–Crippen LogP) is 0.854. The quantitative estimate of drug-likeness (QED) is 0.430. The van der Waals surface area contributed by atoms with Crippen LogP contribution in [0.1, 0.15) is 0 Å². The van der Waals surface area contributed by atoms with Crippen LogP contribution < -0.4 is 10.6 Å². The van der Waals surface area contributed by atoms with Crippen LogP contribution in [0.3, 0.4) is 0 Å². The SMILES string of the molecule is C[N+](C)(CCO)CC(=O)Nc1cccc2c(NC(=O)C[N+](C)(C)CCO)cccc12. The third kappa shape index (κ3) is 6.77. The van der Waals surface area contributed by atoms with E-state index >= 15 is 0 Å². The largest absolute Gasteiger partial charge is 0.391 e. The van der Waals surface area contributed by atoms with Crippen molar-refractivity contribution in [1.29, 1.82) is 0 Å². The molecule has 2 amide bonds. The molecule has 0 spiro atoms. The Bertz CT molecular complexity index is 823. The molecule has 0 bridgehead atoms. The van der Waals surface area contributed by atoms with Gasteiger partial charge in [0.1, 0.15) is 13.1 Å². The first-order chi connectivity index (χ1) is 14.1. The van der Waals surface area contributed by atoms with Gasteiger partial charge in [0.05, 0.1) is 41.4 Å². The van der Waals surface area contributed by atoms with Crippen LogP contribution in [0, 0.1) is 0 Å². The summed E-state index contributed by atoms with van der Waals surface area (Å²) < 4.78 is 0.770. The smallest absolute Gasteiger partial charge is 0.279 e. The molecule has 0 fully saturated rings. The van der Waals surface area contributed by atoms with Crippen LogP contribution in [0.2, 0.25) is 0 Å². The molecule has 8 nitrogen and oxygen atoms in total. The summed E-state index contributed by atoms with van der Waals surface area (Å²) in [6.45, 7) is 1.50. The van der Waals surface area contributed by atoms with Gasteiger partial charge in [0.25, 0.3) is 11.8 Å². The molecule has 0 saturated heterocycles. The molecule has 8 heteroatoms. The summed E-state index contributed by atoms with van der Waals surface area (Å²) in [6, 6.07) is 11.2. The number of carbonyl (C=O) groups is 2. The second kappa shape index (κ2) is 9.99. The molecule has 2 aromatic carbocycles. The molecule has 0 heterocycles. The standard InChI is InChI=1S/C22H32N4O4/c1-25(2,11-13-27)15-21(29)23-19-9-5-8-18-17(19)7-6-10-20(18)24-22(30)16-26(3,4)12-14-28/h5-10,27-28H,11-16H2,1-4H3/p+2. The number of aliphatic hydroxyl groups is 2. The van der Waals surface area contributed by atoms with Gasteiger partial charge >= 0.3 is 0 Å². The highest BCUT2D eigenvalue weighted by molar-refractivity contribution is 6.09. The fourth-order valence-corrected chi connectivity index (χ4v) is 3.38. The molecule has 4 N–H and O–H groups in total. The van der Waals surface area contributed by atoms with Crippen LogP contribution in [0.25, 0.3) is 10.8 Å². The summed E-state index contributed by atoms with van der Waals surface area (Å²) in [5.74, 6) is -0.281. The van der Waals surface area contributed by atoms with Gasteiger partial charge in [-0.3, -0.25) is 9.59 Å². The minimum atomic E-state index is -0.140. The molecule has 0 aliphatic heterocycles. The Labute approximate surface area is 177 Å². The number of hydrogen-bond acceptors (Lipinski definition) is 4. The lowest BCUT2D eigenvalue weighted by atomic mass is 10.1. The van der Waals surface area contributed by atoms with E-state index in [9.17, 15) is 9.59 Å². The van der Waals surface area contributed by atoms with Gasteiger partial charge in [0.2, 0.25) is 0 Å². The van der Waals surface area contributed by atoms with E-state index in [2.05, 4.69) is 10.6 Å². The summed E-state index contributed by atoms with van der Waals surface area (Å²) in [5, 5.41) is 25.9. The average molecular weight is 419 g/mol. The Morgan fingerprint density at radius 2 is 1.10 bits per heavy atom. The first-order valence-electron chi connectivity index (χ1n) is 10.0. The summed E-state index contributed by atoms with van der Waals surface area (Å²) in [4.78, 5) is 25.1. The Balaban J connectivity index is 2.20. The third-order valence-electron chi connectivity index (χ3n) is 5.02. The highest BCUT2D eigenvalue weighted by Crippen LogP contribution is 2.29. The molecule has 0 atom stereocenters. The molecule has 0 aromatic heterocycles. The van der Waals surface area contributed by atoms with Gasteiger partial charge in [-0.05, 0) is 12.1 Å². The van der Waals surface area contributed by atoms with E-state index in [4.69, 9.17) is 10.2 Å². The van der Waals surface area contributed by atoms with Gasteiger partial charge in [0, 0.05) is 22.1 Å². The number of fused-ring (bicyclic) bond motifs is 1. The van der Waals surface area contributed by atoms with Crippen molar-refractivity contribution in [2.24, 2.45) is 0 Å². The molecule has 0 saturated carbocycles. The molecule has 2 rings (SSSR count). The second-order valence-electron chi connectivity index (χ2n) is 8.88. The number of aliphatic hydroxyl groups excluding tert-OH is 2. The number of rotatable bonds is 10. The summed E-state index contributed by atoms with van der Waals surface area (Å²) in [5.41, 5.74) is 1.35. The lowest BCUT2D eigenvalue weighted by molar-refractivity contribution is -0.882. The first kappa shape index (κ1) is 23.8. The number of benzene rings is 2. The Kier molecular flexibility index (Phi) is 7.91. The number of nitrogens with one attached hydrogen (secondary N) is 2. The van der Waals surface area contributed by atoms with Crippen LogP contribution in [-0.2, 0) is 9.59 Å². The van der Waals surface area contributed by atoms with E-state index in [0.29, 0.717) is 33.4 Å². The number of amides is 2. The van der Waals surface area contributed by atoms with Crippen molar-refractivity contribution in [3.8, 4) is 0 Å². The van der Waals surface area contributed by atoms with Gasteiger partial charge < -0.3 is 29.8 Å². The van der Waals surface area contributed by atoms with Gasteiger partial charge in [0.15, 0.2) is 13.1 Å². The zero-order chi connectivity index (χ0) is 22.4. The van der Waals surface area contributed by atoms with Crippen LogP contribution >= 0.6 is 0 Å². The minimum absolute atomic E-state index is 0.0193. The third-order valence-corrected chi connectivity index (χ3v) is 5.02. The van der Waals surface area contributed by atoms with E-state index in [1.54, 1.807) is 0 Å². The lowest BCUT2D eigenvalue weighted by Gasteiger charge is -2.28. The molecular formula is C22H34N4O4+2. The van der Waals surface area contributed by atoms with Gasteiger partial charge in [-0.1, -0.05) is 24.3 Å². The van der Waals surface area contributed by atoms with Gasteiger partial charge in [-0.2, -0.15) is 0 Å². The van der Waals surface area contributed by atoms with E-state index in [-0.39, 0.29) is 38.1 Å². The molecule has 0 unspecified atom stereocenters. The number of quaternary nitrogens is 2. The van der Waals surface area contributed by atoms with Crippen molar-refractivity contribution >= 4 is 34.0 Å². The topological polar surface area (TPSA) is 98.7 Å². The highest BCUT2D eigenvalue weighted by Gasteiger charge is 2.21. The fourth-order valence-electron chi connectivity index (χ4n) is 3.38. The Morgan fingerprint density at radius 1 is 0.733 bits per heavy atom. The van der Waals surface area contributed by atoms with E-state index in [1.807, 2.05) is 64.6 Å². The molecule has 2 aromatic rings. The zero-order valence-corrected chi connectivity index (χ0v) is 18.3. The van der Waals surface area contributed by atoms with E-state index in [0.717, 1.165) is 10.8 Å². The molecule has 30 heavy (non-hydrogen) atoms. The normalized spacial score (nSPS) is 12.1. The number of anilines is 2. The van der Waals surface area contributed by atoms with Gasteiger partial charge in [-0.15, -0.1) is 0 Å². The van der Waals surface area contributed by atoms with Crippen molar-refractivity contribution in [3.63, 3.8) is 0 Å². The van der Waals surface area contributed by atoms with Crippen LogP contribution in [0.5, 0.6) is 0 Å². The maximum Gasteiger partial charge on any atom is 0.279 e. The van der Waals surface area contributed by atoms with Crippen molar-refractivity contribution in [1.82, 2.24) is 0 Å². The molecule has 164 valence electrons. The van der Waals surface area contributed by atoms with E-state index in [1.165, 1.54) is 0 Å². The van der Waals surface area contributed by atoms with Gasteiger partial charge in [-0.25, -0.2) is 0 Å². The van der Waals surface area contributed by atoms with E-state index < -0.39 is 0 Å². The average Bonchev–Trinajstić information content (AvgIpc) is 2.61.